The van der Waals surface area contributed by atoms with Crippen LogP contribution in [0.25, 0.3) is 0 Å². The SMILES string of the molecule is C[C@H]1CO[C@@H]2Cn3cc(C(=O)CCc4ccc(F)cc4F)c(=O)c(OCc4ccccc4)c3C(=O)N12. The van der Waals surface area contributed by atoms with E-state index in [9.17, 15) is 23.2 Å². The normalized spacial score (nSPS) is 18.6. The van der Waals surface area contributed by atoms with Gasteiger partial charge in [0.2, 0.25) is 5.43 Å². The van der Waals surface area contributed by atoms with Gasteiger partial charge in [0.15, 0.2) is 23.5 Å². The van der Waals surface area contributed by atoms with Crippen molar-refractivity contribution in [3.05, 3.63) is 99.0 Å². The van der Waals surface area contributed by atoms with Crippen LogP contribution in [0.2, 0.25) is 0 Å². The first kappa shape index (κ1) is 23.9. The average Bonchev–Trinajstić information content (AvgIpc) is 3.24. The highest BCUT2D eigenvalue weighted by Gasteiger charge is 2.43. The van der Waals surface area contributed by atoms with Crippen molar-refractivity contribution in [1.82, 2.24) is 9.47 Å². The van der Waals surface area contributed by atoms with Gasteiger partial charge in [-0.15, -0.1) is 0 Å². The summed E-state index contributed by atoms with van der Waals surface area (Å²) in [6, 6.07) is 12.1. The molecule has 5 rings (SSSR count). The predicted octanol–water partition coefficient (Wildman–Crippen LogP) is 3.72. The van der Waals surface area contributed by atoms with Crippen molar-refractivity contribution in [3.63, 3.8) is 0 Å². The number of pyridine rings is 1. The van der Waals surface area contributed by atoms with Crippen LogP contribution < -0.4 is 10.2 Å². The molecule has 7 nitrogen and oxygen atoms in total. The highest BCUT2D eigenvalue weighted by Crippen LogP contribution is 2.30. The third-order valence-electron chi connectivity index (χ3n) is 6.51. The second kappa shape index (κ2) is 9.66. The van der Waals surface area contributed by atoms with E-state index in [1.807, 2.05) is 37.3 Å². The third-order valence-corrected chi connectivity index (χ3v) is 6.51. The van der Waals surface area contributed by atoms with Crippen molar-refractivity contribution in [3.8, 4) is 5.75 Å². The molecule has 3 heterocycles. The zero-order valence-corrected chi connectivity index (χ0v) is 19.6. The van der Waals surface area contributed by atoms with Gasteiger partial charge in [0.25, 0.3) is 5.91 Å². The number of hydrogen-bond donors (Lipinski definition) is 0. The van der Waals surface area contributed by atoms with Gasteiger partial charge in [-0.25, -0.2) is 8.78 Å². The van der Waals surface area contributed by atoms with Gasteiger partial charge in [0.05, 0.1) is 24.8 Å². The summed E-state index contributed by atoms with van der Waals surface area (Å²) in [4.78, 5) is 41.5. The average molecular weight is 494 g/mol. The van der Waals surface area contributed by atoms with E-state index in [1.165, 1.54) is 16.8 Å². The standard InChI is InChI=1S/C27H24F2N2O5/c1-16-14-35-23-13-30-12-20(22(32)10-8-18-7-9-19(28)11-21(18)29)25(33)26(24(30)27(34)31(16)23)36-15-17-5-3-2-4-6-17/h2-7,9,11-12,16,23H,8,10,13-15H2,1H3/t16-,23+/m0/s1. The van der Waals surface area contributed by atoms with E-state index >= 15 is 0 Å². The molecular formula is C27H24F2N2O5. The van der Waals surface area contributed by atoms with Crippen LogP contribution in [0, 0.1) is 11.6 Å². The summed E-state index contributed by atoms with van der Waals surface area (Å²) >= 11 is 0. The summed E-state index contributed by atoms with van der Waals surface area (Å²) in [6.07, 6.45) is 0.660. The Bertz CT molecular complexity index is 1390. The van der Waals surface area contributed by atoms with Gasteiger partial charge in [0, 0.05) is 18.7 Å². The molecule has 36 heavy (non-hydrogen) atoms. The van der Waals surface area contributed by atoms with Gasteiger partial charge in [-0.05, 0) is 30.5 Å². The Morgan fingerprint density at radius 2 is 1.92 bits per heavy atom. The number of aryl methyl sites for hydroxylation is 1. The Hall–Kier alpha value is -3.85. The van der Waals surface area contributed by atoms with Gasteiger partial charge in [-0.2, -0.15) is 0 Å². The Labute approximate surface area is 205 Å². The molecule has 1 aromatic heterocycles. The van der Waals surface area contributed by atoms with Gasteiger partial charge >= 0.3 is 0 Å². The largest absolute Gasteiger partial charge is 0.483 e. The minimum absolute atomic E-state index is 0.0116. The number of ether oxygens (including phenoxy) is 2. The van der Waals surface area contributed by atoms with Gasteiger partial charge in [0.1, 0.15) is 18.2 Å². The Balaban J connectivity index is 1.50. The second-order valence-electron chi connectivity index (χ2n) is 8.98. The van der Waals surface area contributed by atoms with E-state index in [2.05, 4.69) is 0 Å². The van der Waals surface area contributed by atoms with Gasteiger partial charge in [-0.1, -0.05) is 36.4 Å². The molecule has 1 amide bonds. The highest BCUT2D eigenvalue weighted by molar-refractivity contribution is 6.00. The number of benzene rings is 2. The van der Waals surface area contributed by atoms with E-state index in [1.54, 1.807) is 4.90 Å². The van der Waals surface area contributed by atoms with Crippen molar-refractivity contribution in [2.75, 3.05) is 6.61 Å². The molecule has 2 aromatic carbocycles. The number of ketones is 1. The lowest BCUT2D eigenvalue weighted by atomic mass is 10.0. The summed E-state index contributed by atoms with van der Waals surface area (Å²) in [7, 11) is 0. The molecule has 9 heteroatoms. The quantitative estimate of drug-likeness (QED) is 0.468. The first-order valence-electron chi connectivity index (χ1n) is 11.7. The second-order valence-corrected chi connectivity index (χ2v) is 8.98. The fraction of sp³-hybridized carbons (Fsp3) is 0.296. The zero-order valence-electron chi connectivity index (χ0n) is 19.6. The van der Waals surface area contributed by atoms with Crippen LogP contribution in [0.1, 0.15) is 45.3 Å². The number of rotatable bonds is 7. The Morgan fingerprint density at radius 1 is 1.14 bits per heavy atom. The molecule has 1 saturated heterocycles. The summed E-state index contributed by atoms with van der Waals surface area (Å²) < 4.78 is 40.4. The molecule has 186 valence electrons. The van der Waals surface area contributed by atoms with Crippen LogP contribution in [0.4, 0.5) is 8.78 Å². The van der Waals surface area contributed by atoms with Crippen molar-refractivity contribution < 1.29 is 27.8 Å². The molecule has 2 aliphatic heterocycles. The number of carbonyl (C=O) groups is 2. The molecule has 0 saturated carbocycles. The molecule has 3 aromatic rings. The fourth-order valence-corrected chi connectivity index (χ4v) is 4.63. The Morgan fingerprint density at radius 3 is 2.67 bits per heavy atom. The number of nitrogens with zero attached hydrogens (tertiary/aromatic N) is 2. The van der Waals surface area contributed by atoms with Crippen molar-refractivity contribution >= 4 is 11.7 Å². The van der Waals surface area contributed by atoms with E-state index in [0.29, 0.717) is 6.61 Å². The monoisotopic (exact) mass is 494 g/mol. The van der Waals surface area contributed by atoms with Crippen molar-refractivity contribution in [1.29, 1.82) is 0 Å². The summed E-state index contributed by atoms with van der Waals surface area (Å²) in [5, 5.41) is 0. The molecule has 0 unspecified atom stereocenters. The molecule has 0 N–H and O–H groups in total. The van der Waals surface area contributed by atoms with Gasteiger partial charge in [-0.3, -0.25) is 14.4 Å². The molecular weight excluding hydrogens is 470 g/mol. The number of halogens is 2. The maximum absolute atomic E-state index is 14.0. The molecule has 0 radical (unpaired) electrons. The topological polar surface area (TPSA) is 77.8 Å². The summed E-state index contributed by atoms with van der Waals surface area (Å²) in [5.74, 6) is -2.59. The molecule has 2 aliphatic rings. The van der Waals surface area contributed by atoms with Crippen LogP contribution in [-0.2, 0) is 24.3 Å². The first-order valence-corrected chi connectivity index (χ1v) is 11.7. The van der Waals surface area contributed by atoms with Crippen LogP contribution in [0.5, 0.6) is 5.75 Å². The van der Waals surface area contributed by atoms with Crippen molar-refractivity contribution in [2.45, 2.75) is 45.2 Å². The number of amides is 1. The zero-order chi connectivity index (χ0) is 25.4. The Kier molecular flexibility index (Phi) is 6.40. The first-order chi connectivity index (χ1) is 17.3. The summed E-state index contributed by atoms with van der Waals surface area (Å²) in [6.45, 7) is 2.50. The molecule has 2 atom stereocenters. The van der Waals surface area contributed by atoms with Crippen LogP contribution in [-0.4, -0.2) is 40.0 Å². The molecule has 0 spiro atoms. The number of hydrogen-bond acceptors (Lipinski definition) is 5. The molecule has 1 fully saturated rings. The lowest BCUT2D eigenvalue weighted by Gasteiger charge is -2.34. The van der Waals surface area contributed by atoms with Gasteiger partial charge < -0.3 is 18.9 Å². The van der Waals surface area contributed by atoms with E-state index < -0.39 is 35.0 Å². The van der Waals surface area contributed by atoms with Crippen LogP contribution >= 0.6 is 0 Å². The number of carbonyl (C=O) groups excluding carboxylic acids is 2. The lowest BCUT2D eigenvalue weighted by molar-refractivity contribution is 0.00604. The summed E-state index contributed by atoms with van der Waals surface area (Å²) in [5.41, 5.74) is 0.185. The van der Waals surface area contributed by atoms with E-state index in [4.69, 9.17) is 9.47 Å². The maximum Gasteiger partial charge on any atom is 0.276 e. The van der Waals surface area contributed by atoms with Crippen molar-refractivity contribution in [2.24, 2.45) is 0 Å². The highest BCUT2D eigenvalue weighted by atomic mass is 19.1. The van der Waals surface area contributed by atoms with Crippen LogP contribution in [0.3, 0.4) is 0 Å². The maximum atomic E-state index is 14.0. The smallest absolute Gasteiger partial charge is 0.276 e. The third kappa shape index (κ3) is 4.42. The van der Waals surface area contributed by atoms with E-state index in [-0.39, 0.29) is 54.6 Å². The van der Waals surface area contributed by atoms with Crippen LogP contribution in [0.15, 0.2) is 59.5 Å². The van der Waals surface area contributed by atoms with E-state index in [0.717, 1.165) is 17.7 Å². The molecule has 0 bridgehead atoms. The predicted molar refractivity (Wildman–Crippen MR) is 126 cm³/mol. The molecule has 0 aliphatic carbocycles. The minimum Gasteiger partial charge on any atom is -0.483 e. The number of aromatic nitrogens is 1. The number of Topliss-reactive ketones (excluding diaryl/α,β-unsaturated/α-hetero) is 1. The fourth-order valence-electron chi connectivity index (χ4n) is 4.63. The lowest BCUT2D eigenvalue weighted by Crippen LogP contribution is -2.49. The number of fused-ring (bicyclic) bond motifs is 2. The minimum atomic E-state index is -0.755.